The lowest BCUT2D eigenvalue weighted by atomic mass is 10.2. The maximum atomic E-state index is 12.3. The third-order valence-corrected chi connectivity index (χ3v) is 4.15. The van der Waals surface area contributed by atoms with Crippen LogP contribution in [0.4, 0.5) is 10.5 Å². The first kappa shape index (κ1) is 17.6. The van der Waals surface area contributed by atoms with Gasteiger partial charge in [0.25, 0.3) is 0 Å². The van der Waals surface area contributed by atoms with E-state index in [1.807, 2.05) is 36.1 Å². The summed E-state index contributed by atoms with van der Waals surface area (Å²) in [5.41, 5.74) is 0.809. The second-order valence-corrected chi connectivity index (χ2v) is 5.92. The first-order chi connectivity index (χ1) is 11.2. The summed E-state index contributed by atoms with van der Waals surface area (Å²) in [5.74, 6) is 0.825. The molecule has 0 aromatic heterocycles. The maximum absolute atomic E-state index is 12.3. The van der Waals surface area contributed by atoms with Crippen LogP contribution in [0.5, 0.6) is 5.75 Å². The molecule has 0 aliphatic carbocycles. The van der Waals surface area contributed by atoms with E-state index >= 15 is 0 Å². The van der Waals surface area contributed by atoms with Crippen LogP contribution in [-0.2, 0) is 0 Å². The molecule has 0 saturated carbocycles. The standard InChI is InChI=1S/C18H29N3O2/c1-3-5-6-11-20-12-14-21(15-13-20)18(22)19-16-7-9-17(10-8-16)23-4-2/h7-10H,3-6,11-15H2,1-2H3,(H,19,22). The van der Waals surface area contributed by atoms with Crippen molar-refractivity contribution in [3.63, 3.8) is 0 Å². The number of nitrogens with zero attached hydrogens (tertiary/aromatic N) is 2. The summed E-state index contributed by atoms with van der Waals surface area (Å²) in [6.07, 6.45) is 3.80. The Bertz CT molecular complexity index is 468. The zero-order valence-corrected chi connectivity index (χ0v) is 14.4. The summed E-state index contributed by atoms with van der Waals surface area (Å²) >= 11 is 0. The van der Waals surface area contributed by atoms with Gasteiger partial charge >= 0.3 is 6.03 Å². The van der Waals surface area contributed by atoms with Crippen molar-refractivity contribution in [2.45, 2.75) is 33.1 Å². The van der Waals surface area contributed by atoms with Gasteiger partial charge in [0, 0.05) is 31.9 Å². The van der Waals surface area contributed by atoms with E-state index in [9.17, 15) is 4.79 Å². The number of anilines is 1. The fraction of sp³-hybridized carbons (Fsp3) is 0.611. The third-order valence-electron chi connectivity index (χ3n) is 4.15. The van der Waals surface area contributed by atoms with Crippen LogP contribution in [0.15, 0.2) is 24.3 Å². The maximum Gasteiger partial charge on any atom is 0.321 e. The van der Waals surface area contributed by atoms with E-state index in [0.29, 0.717) is 6.61 Å². The van der Waals surface area contributed by atoms with Crippen molar-refractivity contribution < 1.29 is 9.53 Å². The van der Waals surface area contributed by atoms with Crippen LogP contribution in [-0.4, -0.2) is 55.2 Å². The summed E-state index contributed by atoms with van der Waals surface area (Å²) in [6, 6.07) is 7.51. The normalized spacial score (nSPS) is 15.5. The number of carbonyl (C=O) groups excluding carboxylic acids is 1. The van der Waals surface area contributed by atoms with Gasteiger partial charge in [-0.3, -0.25) is 4.90 Å². The summed E-state index contributed by atoms with van der Waals surface area (Å²) in [7, 11) is 0. The smallest absolute Gasteiger partial charge is 0.321 e. The number of nitrogens with one attached hydrogen (secondary N) is 1. The van der Waals surface area contributed by atoms with E-state index in [-0.39, 0.29) is 6.03 Å². The minimum Gasteiger partial charge on any atom is -0.494 e. The van der Waals surface area contributed by atoms with E-state index < -0.39 is 0 Å². The molecule has 0 spiro atoms. The van der Waals surface area contributed by atoms with Crippen LogP contribution >= 0.6 is 0 Å². The van der Waals surface area contributed by atoms with E-state index in [0.717, 1.165) is 44.2 Å². The molecule has 23 heavy (non-hydrogen) atoms. The highest BCUT2D eigenvalue weighted by Crippen LogP contribution is 2.16. The monoisotopic (exact) mass is 319 g/mol. The molecule has 1 N–H and O–H groups in total. The molecule has 128 valence electrons. The molecule has 1 heterocycles. The fourth-order valence-electron chi connectivity index (χ4n) is 2.76. The summed E-state index contributed by atoms with van der Waals surface area (Å²) in [5, 5.41) is 2.96. The number of rotatable bonds is 7. The molecule has 1 aromatic carbocycles. The largest absolute Gasteiger partial charge is 0.494 e. The fourth-order valence-corrected chi connectivity index (χ4v) is 2.76. The molecule has 1 aliphatic heterocycles. The van der Waals surface area contributed by atoms with Gasteiger partial charge in [0.15, 0.2) is 0 Å². The molecule has 5 heteroatoms. The van der Waals surface area contributed by atoms with Gasteiger partial charge in [-0.1, -0.05) is 19.8 Å². The molecule has 2 amide bonds. The quantitative estimate of drug-likeness (QED) is 0.783. The molecular weight excluding hydrogens is 290 g/mol. The minimum atomic E-state index is -0.0117. The van der Waals surface area contributed by atoms with Gasteiger partial charge < -0.3 is 15.0 Å². The highest BCUT2D eigenvalue weighted by atomic mass is 16.5. The first-order valence-corrected chi connectivity index (χ1v) is 8.74. The minimum absolute atomic E-state index is 0.0117. The molecule has 1 saturated heterocycles. The van der Waals surface area contributed by atoms with Crippen LogP contribution in [0, 0.1) is 0 Å². The molecule has 0 atom stereocenters. The number of unbranched alkanes of at least 4 members (excludes halogenated alkanes) is 2. The molecule has 1 aromatic rings. The van der Waals surface area contributed by atoms with Crippen molar-refractivity contribution in [2.75, 3.05) is 44.6 Å². The Morgan fingerprint density at radius 3 is 2.39 bits per heavy atom. The van der Waals surface area contributed by atoms with Gasteiger partial charge in [-0.05, 0) is 44.2 Å². The average molecular weight is 319 g/mol. The van der Waals surface area contributed by atoms with Crippen LogP contribution < -0.4 is 10.1 Å². The molecule has 2 rings (SSSR count). The number of amides is 2. The van der Waals surface area contributed by atoms with Crippen molar-refractivity contribution in [1.29, 1.82) is 0 Å². The number of ether oxygens (including phenoxy) is 1. The Morgan fingerprint density at radius 1 is 1.09 bits per heavy atom. The molecule has 1 aliphatic rings. The third kappa shape index (κ3) is 5.75. The predicted molar refractivity (Wildman–Crippen MR) is 94.2 cm³/mol. The van der Waals surface area contributed by atoms with Gasteiger partial charge in [-0.25, -0.2) is 4.79 Å². The lowest BCUT2D eigenvalue weighted by Crippen LogP contribution is -2.50. The predicted octanol–water partition coefficient (Wildman–Crippen LogP) is 3.43. The van der Waals surface area contributed by atoms with Gasteiger partial charge in [0.2, 0.25) is 0 Å². The van der Waals surface area contributed by atoms with Crippen LogP contribution in [0.25, 0.3) is 0 Å². The topological polar surface area (TPSA) is 44.8 Å². The van der Waals surface area contributed by atoms with Gasteiger partial charge in [-0.15, -0.1) is 0 Å². The van der Waals surface area contributed by atoms with Crippen LogP contribution in [0.3, 0.4) is 0 Å². The lowest BCUT2D eigenvalue weighted by Gasteiger charge is -2.34. The highest BCUT2D eigenvalue weighted by molar-refractivity contribution is 5.89. The van der Waals surface area contributed by atoms with Crippen molar-refractivity contribution >= 4 is 11.7 Å². The molecule has 0 unspecified atom stereocenters. The lowest BCUT2D eigenvalue weighted by molar-refractivity contribution is 0.146. The molecule has 5 nitrogen and oxygen atoms in total. The Balaban J connectivity index is 1.74. The Hall–Kier alpha value is -1.75. The Labute approximate surface area is 139 Å². The van der Waals surface area contributed by atoms with Gasteiger partial charge in [-0.2, -0.15) is 0 Å². The second kappa shape index (κ2) is 9.40. The Kier molecular flexibility index (Phi) is 7.20. The van der Waals surface area contributed by atoms with Gasteiger partial charge in [0.1, 0.15) is 5.75 Å². The zero-order chi connectivity index (χ0) is 16.5. The number of benzene rings is 1. The number of hydrogen-bond donors (Lipinski definition) is 1. The van der Waals surface area contributed by atoms with Crippen molar-refractivity contribution in [2.24, 2.45) is 0 Å². The van der Waals surface area contributed by atoms with Crippen molar-refractivity contribution in [3.05, 3.63) is 24.3 Å². The second-order valence-electron chi connectivity index (χ2n) is 5.92. The van der Waals surface area contributed by atoms with Crippen molar-refractivity contribution in [1.82, 2.24) is 9.80 Å². The SMILES string of the molecule is CCCCCN1CCN(C(=O)Nc2ccc(OCC)cc2)CC1. The number of piperazine rings is 1. The summed E-state index contributed by atoms with van der Waals surface area (Å²) in [6.45, 7) is 9.53. The van der Waals surface area contributed by atoms with Crippen molar-refractivity contribution in [3.8, 4) is 5.75 Å². The van der Waals surface area contributed by atoms with Gasteiger partial charge in [0.05, 0.1) is 6.61 Å². The van der Waals surface area contributed by atoms with E-state index in [2.05, 4.69) is 17.1 Å². The number of urea groups is 1. The first-order valence-electron chi connectivity index (χ1n) is 8.74. The molecule has 1 fully saturated rings. The summed E-state index contributed by atoms with van der Waals surface area (Å²) < 4.78 is 5.41. The van der Waals surface area contributed by atoms with E-state index in [1.54, 1.807) is 0 Å². The number of carbonyl (C=O) groups is 1. The summed E-state index contributed by atoms with van der Waals surface area (Å²) in [4.78, 5) is 16.7. The van der Waals surface area contributed by atoms with Crippen LogP contribution in [0.2, 0.25) is 0 Å². The zero-order valence-electron chi connectivity index (χ0n) is 14.4. The molecule has 0 bridgehead atoms. The number of hydrogen-bond acceptors (Lipinski definition) is 3. The van der Waals surface area contributed by atoms with E-state index in [1.165, 1.54) is 19.3 Å². The molecule has 0 radical (unpaired) electrons. The van der Waals surface area contributed by atoms with E-state index in [4.69, 9.17) is 4.74 Å². The highest BCUT2D eigenvalue weighted by Gasteiger charge is 2.20. The average Bonchev–Trinajstić information content (AvgIpc) is 2.58. The van der Waals surface area contributed by atoms with Crippen LogP contribution in [0.1, 0.15) is 33.1 Å². The molecular formula is C18H29N3O2. The Morgan fingerprint density at radius 2 is 1.78 bits per heavy atom.